The second-order valence-electron chi connectivity index (χ2n) is 3.90. The Hall–Kier alpha value is -1.03. The van der Waals surface area contributed by atoms with Gasteiger partial charge in [0.15, 0.2) is 0 Å². The Balaban J connectivity index is 2.28. The number of hydrogen-bond donors (Lipinski definition) is 1. The Morgan fingerprint density at radius 3 is 2.71 bits per heavy atom. The molecule has 0 bridgehead atoms. The molecule has 14 heavy (non-hydrogen) atoms. The van der Waals surface area contributed by atoms with Gasteiger partial charge in [0, 0.05) is 19.8 Å². The van der Waals surface area contributed by atoms with Crippen molar-refractivity contribution in [2.24, 2.45) is 7.05 Å². The average molecular weight is 196 g/mol. The monoisotopic (exact) mass is 196 g/mol. The van der Waals surface area contributed by atoms with Gasteiger partial charge in [0.2, 0.25) is 5.95 Å². The van der Waals surface area contributed by atoms with Crippen LogP contribution in [0.15, 0.2) is 6.20 Å². The summed E-state index contributed by atoms with van der Waals surface area (Å²) in [4.78, 5) is 6.55. The maximum atomic E-state index is 4.37. The average Bonchev–Trinajstić information content (AvgIpc) is 2.39. The van der Waals surface area contributed by atoms with E-state index < -0.39 is 0 Å². The predicted octanol–water partition coefficient (Wildman–Crippen LogP) is 1.09. The highest BCUT2D eigenvalue weighted by molar-refractivity contribution is 5.27. The standard InChI is InChI=1S/C10H20N4/c1-9-8-14(4)10(12-9)11-6-5-7-13(2)3/h8H,5-7H2,1-4H3,(H,11,12). The fraction of sp³-hybridized carbons (Fsp3) is 0.700. The summed E-state index contributed by atoms with van der Waals surface area (Å²) in [6.07, 6.45) is 3.16. The van der Waals surface area contributed by atoms with E-state index >= 15 is 0 Å². The largest absolute Gasteiger partial charge is 0.356 e. The minimum atomic E-state index is 0.959. The molecule has 0 saturated heterocycles. The van der Waals surface area contributed by atoms with E-state index in [0.717, 1.165) is 31.2 Å². The summed E-state index contributed by atoms with van der Waals surface area (Å²) in [6, 6.07) is 0. The second kappa shape index (κ2) is 5.00. The zero-order chi connectivity index (χ0) is 10.6. The zero-order valence-corrected chi connectivity index (χ0v) is 9.54. The maximum Gasteiger partial charge on any atom is 0.202 e. The van der Waals surface area contributed by atoms with E-state index in [9.17, 15) is 0 Å². The summed E-state index contributed by atoms with van der Waals surface area (Å²) in [5.41, 5.74) is 1.06. The molecule has 4 nitrogen and oxygen atoms in total. The summed E-state index contributed by atoms with van der Waals surface area (Å²) in [5.74, 6) is 0.959. The third-order valence-corrected chi connectivity index (χ3v) is 2.06. The normalized spacial score (nSPS) is 10.9. The Morgan fingerprint density at radius 2 is 2.21 bits per heavy atom. The smallest absolute Gasteiger partial charge is 0.202 e. The van der Waals surface area contributed by atoms with Crippen molar-refractivity contribution in [3.05, 3.63) is 11.9 Å². The summed E-state index contributed by atoms with van der Waals surface area (Å²) in [5, 5.41) is 3.31. The van der Waals surface area contributed by atoms with Crippen LogP contribution >= 0.6 is 0 Å². The Labute approximate surface area is 85.9 Å². The summed E-state index contributed by atoms with van der Waals surface area (Å²) in [6.45, 7) is 4.09. The van der Waals surface area contributed by atoms with Crippen LogP contribution in [0.2, 0.25) is 0 Å². The summed E-state index contributed by atoms with van der Waals surface area (Å²) < 4.78 is 2.02. The van der Waals surface area contributed by atoms with Crippen molar-refractivity contribution < 1.29 is 0 Å². The van der Waals surface area contributed by atoms with Gasteiger partial charge in [-0.3, -0.25) is 0 Å². The lowest BCUT2D eigenvalue weighted by Gasteiger charge is -2.10. The van der Waals surface area contributed by atoms with E-state index in [4.69, 9.17) is 0 Å². The molecule has 0 fully saturated rings. The molecule has 0 aliphatic rings. The van der Waals surface area contributed by atoms with Gasteiger partial charge in [0.1, 0.15) is 0 Å². The number of aryl methyl sites for hydroxylation is 2. The number of aromatic nitrogens is 2. The lowest BCUT2D eigenvalue weighted by atomic mass is 10.4. The van der Waals surface area contributed by atoms with Crippen molar-refractivity contribution in [3.8, 4) is 0 Å². The van der Waals surface area contributed by atoms with E-state index in [2.05, 4.69) is 29.3 Å². The van der Waals surface area contributed by atoms with Gasteiger partial charge in [-0.25, -0.2) is 4.98 Å². The molecule has 1 aromatic rings. The van der Waals surface area contributed by atoms with Gasteiger partial charge in [-0.05, 0) is 34.0 Å². The number of rotatable bonds is 5. The van der Waals surface area contributed by atoms with Crippen LogP contribution in [-0.4, -0.2) is 41.6 Å². The molecule has 0 spiro atoms. The van der Waals surface area contributed by atoms with Gasteiger partial charge in [0.05, 0.1) is 5.69 Å². The molecule has 1 rings (SSSR count). The molecule has 1 N–H and O–H groups in total. The summed E-state index contributed by atoms with van der Waals surface area (Å²) >= 11 is 0. The number of hydrogen-bond acceptors (Lipinski definition) is 3. The van der Waals surface area contributed by atoms with Crippen molar-refractivity contribution in [2.75, 3.05) is 32.5 Å². The van der Waals surface area contributed by atoms with Gasteiger partial charge in [-0.1, -0.05) is 0 Å². The third kappa shape index (κ3) is 3.38. The molecule has 0 unspecified atom stereocenters. The lowest BCUT2D eigenvalue weighted by Crippen LogP contribution is -2.17. The molecule has 4 heteroatoms. The van der Waals surface area contributed by atoms with Gasteiger partial charge in [0.25, 0.3) is 0 Å². The van der Waals surface area contributed by atoms with E-state index in [-0.39, 0.29) is 0 Å². The molecule has 0 saturated carbocycles. The van der Waals surface area contributed by atoms with E-state index in [1.54, 1.807) is 0 Å². The minimum absolute atomic E-state index is 0.959. The van der Waals surface area contributed by atoms with Gasteiger partial charge < -0.3 is 14.8 Å². The fourth-order valence-electron chi connectivity index (χ4n) is 1.38. The first-order chi connectivity index (χ1) is 6.59. The fourth-order valence-corrected chi connectivity index (χ4v) is 1.38. The van der Waals surface area contributed by atoms with Crippen molar-refractivity contribution in [1.29, 1.82) is 0 Å². The Bertz CT molecular complexity index is 278. The number of anilines is 1. The molecule has 1 heterocycles. The SMILES string of the molecule is Cc1cn(C)c(NCCCN(C)C)n1. The first kappa shape index (κ1) is 11.0. The van der Waals surface area contributed by atoms with E-state index in [1.807, 2.05) is 24.7 Å². The van der Waals surface area contributed by atoms with Gasteiger partial charge in [-0.15, -0.1) is 0 Å². The Morgan fingerprint density at radius 1 is 1.50 bits per heavy atom. The lowest BCUT2D eigenvalue weighted by molar-refractivity contribution is 0.405. The quantitative estimate of drug-likeness (QED) is 0.716. The molecule has 80 valence electrons. The number of nitrogens with one attached hydrogen (secondary N) is 1. The zero-order valence-electron chi connectivity index (χ0n) is 9.54. The van der Waals surface area contributed by atoms with Crippen LogP contribution in [0.5, 0.6) is 0 Å². The molecular formula is C10H20N4. The Kier molecular flexibility index (Phi) is 3.95. The number of imidazole rings is 1. The van der Waals surface area contributed by atoms with Crippen LogP contribution in [0.1, 0.15) is 12.1 Å². The predicted molar refractivity (Wildman–Crippen MR) is 59.6 cm³/mol. The molecule has 0 aliphatic heterocycles. The summed E-state index contributed by atoms with van der Waals surface area (Å²) in [7, 11) is 6.18. The molecular weight excluding hydrogens is 176 g/mol. The van der Waals surface area contributed by atoms with E-state index in [1.165, 1.54) is 0 Å². The van der Waals surface area contributed by atoms with Crippen molar-refractivity contribution in [1.82, 2.24) is 14.5 Å². The minimum Gasteiger partial charge on any atom is -0.356 e. The molecule has 0 radical (unpaired) electrons. The highest BCUT2D eigenvalue weighted by Gasteiger charge is 2.00. The topological polar surface area (TPSA) is 33.1 Å². The van der Waals surface area contributed by atoms with Crippen LogP contribution in [0, 0.1) is 6.92 Å². The highest BCUT2D eigenvalue weighted by atomic mass is 15.2. The van der Waals surface area contributed by atoms with Gasteiger partial charge >= 0.3 is 0 Å². The second-order valence-corrected chi connectivity index (χ2v) is 3.90. The van der Waals surface area contributed by atoms with Crippen molar-refractivity contribution in [3.63, 3.8) is 0 Å². The molecule has 0 aromatic carbocycles. The molecule has 1 aromatic heterocycles. The van der Waals surface area contributed by atoms with E-state index in [0.29, 0.717) is 0 Å². The van der Waals surface area contributed by atoms with Crippen molar-refractivity contribution in [2.45, 2.75) is 13.3 Å². The van der Waals surface area contributed by atoms with Crippen LogP contribution in [0.3, 0.4) is 0 Å². The highest BCUT2D eigenvalue weighted by Crippen LogP contribution is 2.05. The van der Waals surface area contributed by atoms with Crippen LogP contribution in [-0.2, 0) is 7.05 Å². The first-order valence-electron chi connectivity index (χ1n) is 4.98. The molecule has 0 atom stereocenters. The van der Waals surface area contributed by atoms with Crippen molar-refractivity contribution >= 4 is 5.95 Å². The maximum absolute atomic E-state index is 4.37. The van der Waals surface area contributed by atoms with Crippen LogP contribution in [0.25, 0.3) is 0 Å². The van der Waals surface area contributed by atoms with Gasteiger partial charge in [-0.2, -0.15) is 0 Å². The molecule has 0 aliphatic carbocycles. The molecule has 0 amide bonds. The first-order valence-corrected chi connectivity index (χ1v) is 4.98. The van der Waals surface area contributed by atoms with Crippen LogP contribution in [0.4, 0.5) is 5.95 Å². The van der Waals surface area contributed by atoms with Crippen LogP contribution < -0.4 is 5.32 Å². The number of nitrogens with zero attached hydrogens (tertiary/aromatic N) is 3. The third-order valence-electron chi connectivity index (χ3n) is 2.06.